The van der Waals surface area contributed by atoms with E-state index in [-0.39, 0.29) is 17.1 Å². The highest BCUT2D eigenvalue weighted by Gasteiger charge is 2.33. The molecule has 2 aromatic rings. The fourth-order valence-electron chi connectivity index (χ4n) is 1.91. The van der Waals surface area contributed by atoms with Crippen molar-refractivity contribution >= 4 is 11.5 Å². The van der Waals surface area contributed by atoms with Gasteiger partial charge >= 0.3 is 6.18 Å². The van der Waals surface area contributed by atoms with Crippen LogP contribution in [-0.2, 0) is 6.18 Å². The number of halogens is 3. The average molecular weight is 314 g/mol. The minimum Gasteiger partial charge on any atom is -0.293 e. The molecule has 0 atom stereocenters. The van der Waals surface area contributed by atoms with Crippen molar-refractivity contribution in [3.05, 3.63) is 45.3 Å². The first-order chi connectivity index (χ1) is 10.1. The number of alkyl halides is 3. The molecule has 0 aliphatic rings. The minimum absolute atomic E-state index is 0.00537. The monoisotopic (exact) mass is 314 g/mol. The summed E-state index contributed by atoms with van der Waals surface area (Å²) in [6, 6.07) is 2.05. The lowest BCUT2D eigenvalue weighted by Crippen LogP contribution is -2.09. The van der Waals surface area contributed by atoms with Crippen LogP contribution in [0.25, 0.3) is 5.69 Å². The zero-order valence-corrected chi connectivity index (χ0v) is 11.4. The second kappa shape index (κ2) is 5.20. The Morgan fingerprint density at radius 2 is 2.00 bits per heavy atom. The van der Waals surface area contributed by atoms with Crippen LogP contribution in [0.15, 0.2) is 18.2 Å². The number of hydrogen-bond donors (Lipinski definition) is 0. The van der Waals surface area contributed by atoms with Crippen molar-refractivity contribution < 1.29 is 22.9 Å². The number of hydrogen-bond acceptors (Lipinski definition) is 5. The van der Waals surface area contributed by atoms with Gasteiger partial charge in [0.05, 0.1) is 16.2 Å². The lowest BCUT2D eigenvalue weighted by molar-refractivity contribution is -0.384. The molecular weight excluding hydrogens is 305 g/mol. The normalized spacial score (nSPS) is 11.5. The molecule has 0 radical (unpaired) electrons. The van der Waals surface area contributed by atoms with Gasteiger partial charge in [0.15, 0.2) is 11.5 Å². The Hall–Kier alpha value is -2.78. The number of ketones is 1. The quantitative estimate of drug-likeness (QED) is 0.493. The molecule has 1 aromatic heterocycles. The Bertz CT molecular complexity index is 767. The van der Waals surface area contributed by atoms with Crippen LogP contribution in [0.4, 0.5) is 18.9 Å². The summed E-state index contributed by atoms with van der Waals surface area (Å²) in [6.45, 7) is 2.68. The molecule has 0 spiro atoms. The maximum atomic E-state index is 12.7. The number of carbonyl (C=O) groups excluding carboxylic acids is 1. The van der Waals surface area contributed by atoms with Crippen LogP contribution < -0.4 is 0 Å². The van der Waals surface area contributed by atoms with Gasteiger partial charge < -0.3 is 0 Å². The summed E-state index contributed by atoms with van der Waals surface area (Å²) in [6.07, 6.45) is -4.70. The molecule has 0 saturated carbocycles. The maximum absolute atomic E-state index is 12.7. The van der Waals surface area contributed by atoms with E-state index in [1.165, 1.54) is 13.8 Å². The van der Waals surface area contributed by atoms with Crippen molar-refractivity contribution in [1.29, 1.82) is 0 Å². The standard InChI is InChI=1S/C12H9F3N4O3/c1-6-11(7(2)20)16-17-18(6)9-4-3-8(12(13,14)15)5-10(9)19(21)22/h3-5H,1-2H3. The second-order valence-corrected chi connectivity index (χ2v) is 4.45. The van der Waals surface area contributed by atoms with E-state index in [4.69, 9.17) is 0 Å². The lowest BCUT2D eigenvalue weighted by atomic mass is 10.1. The molecule has 2 rings (SSSR count). The van der Waals surface area contributed by atoms with Gasteiger partial charge in [-0.05, 0) is 19.1 Å². The van der Waals surface area contributed by atoms with Crippen molar-refractivity contribution in [2.75, 3.05) is 0 Å². The number of Topliss-reactive ketones (excluding diaryl/α,β-unsaturated/α-hetero) is 1. The van der Waals surface area contributed by atoms with Crippen LogP contribution in [-0.4, -0.2) is 25.7 Å². The molecule has 0 N–H and O–H groups in total. The van der Waals surface area contributed by atoms with Gasteiger partial charge in [0.25, 0.3) is 5.69 Å². The Labute approximate surface area is 121 Å². The highest BCUT2D eigenvalue weighted by Crippen LogP contribution is 2.34. The third-order valence-electron chi connectivity index (χ3n) is 2.96. The predicted octanol–water partition coefficient (Wildman–Crippen LogP) is 2.71. The van der Waals surface area contributed by atoms with Crippen molar-refractivity contribution in [3.63, 3.8) is 0 Å². The first-order valence-corrected chi connectivity index (χ1v) is 5.92. The number of carbonyl (C=O) groups is 1. The first-order valence-electron chi connectivity index (χ1n) is 5.92. The zero-order chi connectivity index (χ0) is 16.7. The van der Waals surface area contributed by atoms with Crippen molar-refractivity contribution in [3.8, 4) is 5.69 Å². The Morgan fingerprint density at radius 1 is 1.36 bits per heavy atom. The molecule has 0 unspecified atom stereocenters. The number of rotatable bonds is 3. The maximum Gasteiger partial charge on any atom is 0.416 e. The van der Waals surface area contributed by atoms with Crippen LogP contribution in [0, 0.1) is 17.0 Å². The fourth-order valence-corrected chi connectivity index (χ4v) is 1.91. The predicted molar refractivity (Wildman–Crippen MR) is 67.8 cm³/mol. The number of nitro groups is 1. The molecule has 1 aromatic carbocycles. The largest absolute Gasteiger partial charge is 0.416 e. The van der Waals surface area contributed by atoms with E-state index in [0.29, 0.717) is 12.1 Å². The average Bonchev–Trinajstić information content (AvgIpc) is 2.78. The first kappa shape index (κ1) is 15.6. The van der Waals surface area contributed by atoms with E-state index in [1.54, 1.807) is 0 Å². The van der Waals surface area contributed by atoms with Crippen LogP contribution in [0.2, 0.25) is 0 Å². The Morgan fingerprint density at radius 3 is 2.45 bits per heavy atom. The summed E-state index contributed by atoms with van der Waals surface area (Å²) in [7, 11) is 0. The number of nitro benzene ring substituents is 1. The topological polar surface area (TPSA) is 90.9 Å². The highest BCUT2D eigenvalue weighted by atomic mass is 19.4. The molecular formula is C12H9F3N4O3. The van der Waals surface area contributed by atoms with Crippen molar-refractivity contribution in [2.45, 2.75) is 20.0 Å². The molecule has 0 saturated heterocycles. The smallest absolute Gasteiger partial charge is 0.293 e. The van der Waals surface area contributed by atoms with E-state index in [2.05, 4.69) is 10.3 Å². The van der Waals surface area contributed by atoms with E-state index in [0.717, 1.165) is 10.7 Å². The number of benzene rings is 1. The molecule has 0 aliphatic heterocycles. The van der Waals surface area contributed by atoms with Gasteiger partial charge in [0.1, 0.15) is 5.69 Å². The molecule has 0 aliphatic carbocycles. The Kier molecular flexibility index (Phi) is 3.69. The third-order valence-corrected chi connectivity index (χ3v) is 2.96. The molecule has 0 amide bonds. The fraction of sp³-hybridized carbons (Fsp3) is 0.250. The zero-order valence-electron chi connectivity index (χ0n) is 11.4. The van der Waals surface area contributed by atoms with Gasteiger partial charge in [-0.1, -0.05) is 5.21 Å². The van der Waals surface area contributed by atoms with Crippen molar-refractivity contribution in [2.24, 2.45) is 0 Å². The van der Waals surface area contributed by atoms with E-state index < -0.39 is 28.1 Å². The lowest BCUT2D eigenvalue weighted by Gasteiger charge is -2.09. The molecule has 22 heavy (non-hydrogen) atoms. The molecule has 1 heterocycles. The van der Waals surface area contributed by atoms with Crippen molar-refractivity contribution in [1.82, 2.24) is 15.0 Å². The number of aromatic nitrogens is 3. The molecule has 116 valence electrons. The second-order valence-electron chi connectivity index (χ2n) is 4.45. The summed E-state index contributed by atoms with van der Waals surface area (Å²) < 4.78 is 38.9. The van der Waals surface area contributed by atoms with Gasteiger partial charge in [-0.25, -0.2) is 4.68 Å². The van der Waals surface area contributed by atoms with Gasteiger partial charge in [-0.2, -0.15) is 13.2 Å². The minimum atomic E-state index is -4.70. The van der Waals surface area contributed by atoms with Gasteiger partial charge in [-0.15, -0.1) is 5.10 Å². The summed E-state index contributed by atoms with van der Waals surface area (Å²) in [4.78, 5) is 21.4. The van der Waals surface area contributed by atoms with Gasteiger partial charge in [-0.3, -0.25) is 14.9 Å². The SMILES string of the molecule is CC(=O)c1nnn(-c2ccc(C(F)(F)F)cc2[N+](=O)[O-])c1C. The summed E-state index contributed by atoms with van der Waals surface area (Å²) in [5.74, 6) is -0.404. The van der Waals surface area contributed by atoms with Crippen LogP contribution in [0.3, 0.4) is 0 Å². The molecule has 0 bridgehead atoms. The summed E-state index contributed by atoms with van der Waals surface area (Å²) >= 11 is 0. The third kappa shape index (κ3) is 2.67. The van der Waals surface area contributed by atoms with Gasteiger partial charge in [0.2, 0.25) is 0 Å². The molecule has 10 heteroatoms. The highest BCUT2D eigenvalue weighted by molar-refractivity contribution is 5.93. The van der Waals surface area contributed by atoms with Gasteiger partial charge in [0, 0.05) is 13.0 Å². The van der Waals surface area contributed by atoms with Crippen LogP contribution >= 0.6 is 0 Å². The summed E-state index contributed by atoms with van der Waals surface area (Å²) in [5.41, 5.74) is -1.93. The molecule has 7 nitrogen and oxygen atoms in total. The summed E-state index contributed by atoms with van der Waals surface area (Å²) in [5, 5.41) is 18.2. The van der Waals surface area contributed by atoms with E-state index in [1.807, 2.05) is 0 Å². The van der Waals surface area contributed by atoms with E-state index >= 15 is 0 Å². The Balaban J connectivity index is 2.66. The van der Waals surface area contributed by atoms with Crippen LogP contribution in [0.5, 0.6) is 0 Å². The van der Waals surface area contributed by atoms with Crippen LogP contribution in [0.1, 0.15) is 28.7 Å². The number of nitrogens with zero attached hydrogens (tertiary/aromatic N) is 4. The molecule has 0 fully saturated rings. The van der Waals surface area contributed by atoms with E-state index in [9.17, 15) is 28.1 Å².